The Morgan fingerprint density at radius 3 is 2.80 bits per heavy atom. The molecule has 0 aliphatic carbocycles. The Bertz CT molecular complexity index is 713. The van der Waals surface area contributed by atoms with Crippen LogP contribution in [0.2, 0.25) is 0 Å². The molecule has 0 atom stereocenters. The van der Waals surface area contributed by atoms with Gasteiger partial charge >= 0.3 is 6.09 Å². The van der Waals surface area contributed by atoms with E-state index in [1.807, 2.05) is 6.07 Å². The van der Waals surface area contributed by atoms with E-state index >= 15 is 0 Å². The Kier molecular flexibility index (Phi) is 3.68. The van der Waals surface area contributed by atoms with Crippen molar-refractivity contribution in [1.29, 1.82) is 5.26 Å². The van der Waals surface area contributed by atoms with Gasteiger partial charge in [0.15, 0.2) is 5.13 Å². The molecule has 1 heterocycles. The van der Waals surface area contributed by atoms with E-state index < -0.39 is 11.7 Å². The Morgan fingerprint density at radius 2 is 2.20 bits per heavy atom. The zero-order chi connectivity index (χ0) is 14.9. The van der Waals surface area contributed by atoms with Crippen LogP contribution < -0.4 is 10.8 Å². The van der Waals surface area contributed by atoms with Crippen molar-refractivity contribution >= 4 is 46.1 Å². The first-order chi connectivity index (χ1) is 9.28. The molecule has 100 valence electrons. The van der Waals surface area contributed by atoms with Crippen molar-refractivity contribution in [3.8, 4) is 6.07 Å². The minimum Gasteiger partial charge on any atom is -0.444 e. The normalized spacial score (nSPS) is 11.1. The number of nitrogens with zero attached hydrogens (tertiary/aromatic N) is 2. The summed E-state index contributed by atoms with van der Waals surface area (Å²) >= 11 is 1.24. The lowest BCUT2D eigenvalue weighted by Crippen LogP contribution is -2.27. The van der Waals surface area contributed by atoms with Crippen molar-refractivity contribution in [2.75, 3.05) is 5.32 Å². The number of nitriles is 1. The minimum absolute atomic E-state index is 0.385. The molecule has 0 bridgehead atoms. The molecule has 0 unspecified atom stereocenters. The van der Waals surface area contributed by atoms with E-state index in [1.54, 1.807) is 32.9 Å². The van der Waals surface area contributed by atoms with E-state index in [2.05, 4.69) is 10.3 Å². The van der Waals surface area contributed by atoms with Gasteiger partial charge in [0.1, 0.15) is 13.4 Å². The lowest BCUT2D eigenvalue weighted by Gasteiger charge is -2.18. The quantitative estimate of drug-likeness (QED) is 0.816. The lowest BCUT2D eigenvalue weighted by molar-refractivity contribution is 0.0636. The number of anilines is 1. The van der Waals surface area contributed by atoms with Crippen molar-refractivity contribution in [2.45, 2.75) is 26.4 Å². The van der Waals surface area contributed by atoms with Crippen molar-refractivity contribution < 1.29 is 9.53 Å². The molecule has 0 aliphatic heterocycles. The third kappa shape index (κ3) is 3.28. The molecule has 1 aromatic carbocycles. The topological polar surface area (TPSA) is 75.0 Å². The van der Waals surface area contributed by atoms with Crippen LogP contribution in [-0.2, 0) is 4.74 Å². The molecule has 20 heavy (non-hydrogen) atoms. The SMILES string of the molecule is [B]c1cc(C#N)cc2sc(NC(=O)OC(C)(C)C)nc12. The van der Waals surface area contributed by atoms with Crippen LogP contribution in [0.25, 0.3) is 10.2 Å². The number of rotatable bonds is 1. The number of thiazole rings is 1. The Balaban J connectivity index is 2.27. The Morgan fingerprint density at radius 1 is 1.50 bits per heavy atom. The summed E-state index contributed by atoms with van der Waals surface area (Å²) < 4.78 is 5.89. The van der Waals surface area contributed by atoms with E-state index in [1.165, 1.54) is 11.3 Å². The van der Waals surface area contributed by atoms with E-state index in [9.17, 15) is 4.79 Å². The third-order valence-corrected chi connectivity index (χ3v) is 3.18. The van der Waals surface area contributed by atoms with Gasteiger partial charge in [-0.2, -0.15) is 5.26 Å². The highest BCUT2D eigenvalue weighted by Gasteiger charge is 2.17. The average Bonchev–Trinajstić information content (AvgIpc) is 2.69. The first-order valence-corrected chi connectivity index (χ1v) is 6.70. The van der Waals surface area contributed by atoms with Gasteiger partial charge in [0.2, 0.25) is 0 Å². The first-order valence-electron chi connectivity index (χ1n) is 5.88. The largest absolute Gasteiger partial charge is 0.444 e. The molecule has 2 aromatic rings. The highest BCUT2D eigenvalue weighted by Crippen LogP contribution is 2.25. The van der Waals surface area contributed by atoms with Crippen LogP contribution in [0.1, 0.15) is 26.3 Å². The maximum Gasteiger partial charge on any atom is 0.413 e. The fourth-order valence-corrected chi connectivity index (χ4v) is 2.49. The molecule has 0 fully saturated rings. The van der Waals surface area contributed by atoms with E-state index in [0.717, 1.165) is 4.70 Å². The summed E-state index contributed by atoms with van der Waals surface area (Å²) in [6.45, 7) is 5.34. The van der Waals surface area contributed by atoms with Crippen LogP contribution in [0.3, 0.4) is 0 Å². The molecule has 0 saturated carbocycles. The van der Waals surface area contributed by atoms with Crippen LogP contribution in [-0.4, -0.2) is 24.5 Å². The summed E-state index contributed by atoms with van der Waals surface area (Å²) in [5, 5.41) is 11.8. The van der Waals surface area contributed by atoms with Crippen molar-refractivity contribution in [3.05, 3.63) is 17.7 Å². The van der Waals surface area contributed by atoms with Crippen LogP contribution >= 0.6 is 11.3 Å². The van der Waals surface area contributed by atoms with Gasteiger partial charge in [-0.15, -0.1) is 0 Å². The van der Waals surface area contributed by atoms with Gasteiger partial charge in [0, 0.05) is 0 Å². The summed E-state index contributed by atoms with van der Waals surface area (Å²) in [6.07, 6.45) is -0.573. The van der Waals surface area contributed by atoms with Crippen LogP contribution in [0, 0.1) is 11.3 Å². The maximum atomic E-state index is 11.7. The van der Waals surface area contributed by atoms with Gasteiger partial charge in [-0.25, -0.2) is 9.78 Å². The molecule has 1 amide bonds. The first kappa shape index (κ1) is 14.3. The fourth-order valence-electron chi connectivity index (χ4n) is 1.56. The summed E-state index contributed by atoms with van der Waals surface area (Å²) in [5.41, 5.74) is 0.864. The smallest absolute Gasteiger partial charge is 0.413 e. The predicted octanol–water partition coefficient (Wildman–Crippen LogP) is 2.31. The van der Waals surface area contributed by atoms with Crippen LogP contribution in [0.5, 0.6) is 0 Å². The molecule has 0 aliphatic rings. The minimum atomic E-state index is -0.576. The number of fused-ring (bicyclic) bond motifs is 1. The molecular formula is C13H12BN3O2S. The Hall–Kier alpha value is -2.07. The molecule has 0 spiro atoms. The summed E-state index contributed by atoms with van der Waals surface area (Å²) in [5.74, 6) is 0. The van der Waals surface area contributed by atoms with Crippen LogP contribution in [0.4, 0.5) is 9.93 Å². The number of ether oxygens (including phenoxy) is 1. The fraction of sp³-hybridized carbons (Fsp3) is 0.308. The highest BCUT2D eigenvalue weighted by molar-refractivity contribution is 7.22. The zero-order valence-electron chi connectivity index (χ0n) is 11.4. The highest BCUT2D eigenvalue weighted by atomic mass is 32.1. The maximum absolute atomic E-state index is 11.7. The standard InChI is InChI=1S/C13H12BN3O2S/c1-13(2,3)19-12(18)17-11-16-10-8(14)4-7(6-15)5-9(10)20-11/h4-5H,1-3H3,(H,16,17,18). The zero-order valence-corrected chi connectivity index (χ0v) is 12.2. The van der Waals surface area contributed by atoms with Crippen molar-refractivity contribution in [2.24, 2.45) is 0 Å². The summed E-state index contributed by atoms with van der Waals surface area (Å²) in [4.78, 5) is 15.9. The number of hydrogen-bond donors (Lipinski definition) is 1. The second kappa shape index (κ2) is 5.14. The number of nitrogens with one attached hydrogen (secondary N) is 1. The molecule has 2 rings (SSSR count). The predicted molar refractivity (Wildman–Crippen MR) is 79.6 cm³/mol. The molecule has 2 radical (unpaired) electrons. The lowest BCUT2D eigenvalue weighted by atomic mass is 9.93. The van der Waals surface area contributed by atoms with Crippen molar-refractivity contribution in [3.63, 3.8) is 0 Å². The second-order valence-corrected chi connectivity index (χ2v) is 6.20. The second-order valence-electron chi connectivity index (χ2n) is 5.17. The number of carbonyl (C=O) groups excluding carboxylic acids is 1. The Labute approximate surface area is 122 Å². The number of amides is 1. The number of hydrogen-bond acceptors (Lipinski definition) is 5. The van der Waals surface area contributed by atoms with Gasteiger partial charge in [-0.1, -0.05) is 16.8 Å². The summed E-state index contributed by atoms with van der Waals surface area (Å²) in [7, 11) is 5.83. The molecular weight excluding hydrogens is 273 g/mol. The van der Waals surface area contributed by atoms with Gasteiger partial charge in [-0.05, 0) is 32.9 Å². The number of benzene rings is 1. The molecule has 5 nitrogen and oxygen atoms in total. The number of aromatic nitrogens is 1. The van der Waals surface area contributed by atoms with Gasteiger partial charge in [0.05, 0.1) is 21.8 Å². The third-order valence-electron chi connectivity index (χ3n) is 2.26. The number of carbonyl (C=O) groups is 1. The van der Waals surface area contributed by atoms with Crippen molar-refractivity contribution in [1.82, 2.24) is 4.98 Å². The summed E-state index contributed by atoms with van der Waals surface area (Å²) in [6, 6.07) is 5.27. The molecule has 1 N–H and O–H groups in total. The molecule has 1 aromatic heterocycles. The van der Waals surface area contributed by atoms with Gasteiger partial charge < -0.3 is 4.74 Å². The molecule has 7 heteroatoms. The van der Waals surface area contributed by atoms with Gasteiger partial charge in [0.25, 0.3) is 0 Å². The van der Waals surface area contributed by atoms with Gasteiger partial charge in [-0.3, -0.25) is 5.32 Å². The van der Waals surface area contributed by atoms with E-state index in [-0.39, 0.29) is 0 Å². The van der Waals surface area contributed by atoms with E-state index in [4.69, 9.17) is 17.8 Å². The van der Waals surface area contributed by atoms with Crippen LogP contribution in [0.15, 0.2) is 12.1 Å². The van der Waals surface area contributed by atoms with E-state index in [0.29, 0.717) is 21.7 Å². The monoisotopic (exact) mass is 285 g/mol. The molecule has 0 saturated heterocycles. The average molecular weight is 285 g/mol.